The first-order valence-electron chi connectivity index (χ1n) is 9.97. The summed E-state index contributed by atoms with van der Waals surface area (Å²) in [5, 5.41) is 22.5. The molecule has 0 spiro atoms. The number of halogens is 2. The lowest BCUT2D eigenvalue weighted by atomic mass is 10.2. The lowest BCUT2D eigenvalue weighted by Crippen LogP contribution is -2.15. The van der Waals surface area contributed by atoms with Crippen LogP contribution in [-0.4, -0.2) is 31.3 Å². The molecule has 0 aliphatic carbocycles. The van der Waals surface area contributed by atoms with E-state index in [0.29, 0.717) is 27.8 Å². The van der Waals surface area contributed by atoms with Crippen molar-refractivity contribution in [2.24, 2.45) is 0 Å². The van der Waals surface area contributed by atoms with E-state index in [1.165, 1.54) is 60.7 Å². The van der Waals surface area contributed by atoms with Crippen molar-refractivity contribution >= 4 is 29.0 Å². The van der Waals surface area contributed by atoms with Gasteiger partial charge in [0.1, 0.15) is 17.3 Å². The average Bonchev–Trinajstić information content (AvgIpc) is 3.23. The molecule has 34 heavy (non-hydrogen) atoms. The predicted molar refractivity (Wildman–Crippen MR) is 124 cm³/mol. The highest BCUT2D eigenvalue weighted by Crippen LogP contribution is 2.29. The van der Waals surface area contributed by atoms with Crippen LogP contribution >= 0.6 is 11.8 Å². The Morgan fingerprint density at radius 3 is 2.32 bits per heavy atom. The van der Waals surface area contributed by atoms with Gasteiger partial charge in [0, 0.05) is 17.3 Å². The highest BCUT2D eigenvalue weighted by molar-refractivity contribution is 7.99. The Kier molecular flexibility index (Phi) is 6.64. The smallest absolute Gasteiger partial charge is 0.293 e. The fraction of sp³-hybridized carbons (Fsp3) is 0.0870. The summed E-state index contributed by atoms with van der Waals surface area (Å²) in [4.78, 5) is 23.3. The molecule has 1 amide bonds. The number of nitro benzene ring substituents is 1. The van der Waals surface area contributed by atoms with Gasteiger partial charge in [0.2, 0.25) is 5.91 Å². The van der Waals surface area contributed by atoms with Crippen molar-refractivity contribution in [2.75, 3.05) is 11.1 Å². The second-order valence-corrected chi connectivity index (χ2v) is 8.18. The van der Waals surface area contributed by atoms with Crippen LogP contribution in [0.2, 0.25) is 0 Å². The first-order chi connectivity index (χ1) is 16.3. The van der Waals surface area contributed by atoms with E-state index in [1.54, 1.807) is 17.6 Å². The normalized spacial score (nSPS) is 10.8. The van der Waals surface area contributed by atoms with Gasteiger partial charge in [0.15, 0.2) is 11.0 Å². The van der Waals surface area contributed by atoms with Crippen LogP contribution in [-0.2, 0) is 4.79 Å². The number of nitro groups is 1. The zero-order valence-corrected chi connectivity index (χ0v) is 18.6. The fourth-order valence-corrected chi connectivity index (χ4v) is 3.94. The number of hydrogen-bond donors (Lipinski definition) is 1. The minimum atomic E-state index is -0.560. The molecule has 1 N–H and O–H groups in total. The number of nitrogens with zero attached hydrogens (tertiary/aromatic N) is 4. The minimum Gasteiger partial charge on any atom is -0.320 e. The molecular formula is C23H17F2N5O3S. The van der Waals surface area contributed by atoms with E-state index in [1.807, 2.05) is 0 Å². The summed E-state index contributed by atoms with van der Waals surface area (Å²) in [5.74, 6) is -1.05. The molecule has 0 fully saturated rings. The monoisotopic (exact) mass is 481 g/mol. The Balaban J connectivity index is 1.60. The maximum absolute atomic E-state index is 13.5. The zero-order chi connectivity index (χ0) is 24.2. The van der Waals surface area contributed by atoms with E-state index < -0.39 is 22.5 Å². The highest BCUT2D eigenvalue weighted by Gasteiger charge is 2.20. The van der Waals surface area contributed by atoms with E-state index in [4.69, 9.17) is 0 Å². The summed E-state index contributed by atoms with van der Waals surface area (Å²) >= 11 is 1.05. The quantitative estimate of drug-likeness (QED) is 0.222. The van der Waals surface area contributed by atoms with Crippen LogP contribution in [0.3, 0.4) is 0 Å². The SMILES string of the molecule is Cc1ccc(NC(=O)CSc2nnc(-c3ccc(F)cc3)n2-c2ccc(F)cc2)c([N+](=O)[O-])c1. The third-order valence-electron chi connectivity index (χ3n) is 4.78. The number of benzene rings is 3. The predicted octanol–water partition coefficient (Wildman–Crippen LogP) is 5.16. The van der Waals surface area contributed by atoms with Crippen molar-refractivity contribution < 1.29 is 18.5 Å². The van der Waals surface area contributed by atoms with Crippen molar-refractivity contribution in [3.63, 3.8) is 0 Å². The molecule has 0 saturated carbocycles. The van der Waals surface area contributed by atoms with Gasteiger partial charge in [-0.25, -0.2) is 8.78 Å². The molecule has 1 aromatic heterocycles. The second kappa shape index (κ2) is 9.79. The molecule has 0 unspecified atom stereocenters. The standard InChI is InChI=1S/C23H17F2N5O3S/c1-14-2-11-19(20(12-14)30(32)33)26-21(31)13-34-23-28-27-22(15-3-5-16(24)6-4-15)29(23)18-9-7-17(25)8-10-18/h2-12H,13H2,1H3,(H,26,31). The largest absolute Gasteiger partial charge is 0.320 e. The molecule has 4 rings (SSSR count). The summed E-state index contributed by atoms with van der Waals surface area (Å²) < 4.78 is 28.5. The van der Waals surface area contributed by atoms with Crippen LogP contribution < -0.4 is 5.32 Å². The lowest BCUT2D eigenvalue weighted by Gasteiger charge is -2.11. The number of rotatable bonds is 7. The third-order valence-corrected chi connectivity index (χ3v) is 5.71. The molecule has 0 bridgehead atoms. The number of thioether (sulfide) groups is 1. The van der Waals surface area contributed by atoms with E-state index >= 15 is 0 Å². The van der Waals surface area contributed by atoms with Gasteiger partial charge in [-0.1, -0.05) is 17.8 Å². The van der Waals surface area contributed by atoms with Gasteiger partial charge in [-0.15, -0.1) is 10.2 Å². The highest BCUT2D eigenvalue weighted by atomic mass is 32.2. The Hall–Kier alpha value is -4.12. The molecule has 0 atom stereocenters. The Bertz CT molecular complexity index is 1360. The van der Waals surface area contributed by atoms with Gasteiger partial charge in [-0.05, 0) is 67.1 Å². The number of carbonyl (C=O) groups is 1. The number of nitrogens with one attached hydrogen (secondary N) is 1. The summed E-state index contributed by atoms with van der Waals surface area (Å²) in [6.45, 7) is 1.72. The molecular weight excluding hydrogens is 464 g/mol. The van der Waals surface area contributed by atoms with Gasteiger partial charge in [-0.3, -0.25) is 19.5 Å². The van der Waals surface area contributed by atoms with Crippen LogP contribution in [0, 0.1) is 28.7 Å². The summed E-state index contributed by atoms with van der Waals surface area (Å²) in [6, 6.07) is 15.8. The lowest BCUT2D eigenvalue weighted by molar-refractivity contribution is -0.384. The van der Waals surface area contributed by atoms with Crippen LogP contribution in [0.25, 0.3) is 17.1 Å². The topological polar surface area (TPSA) is 103 Å². The molecule has 0 saturated heterocycles. The van der Waals surface area contributed by atoms with Crippen molar-refractivity contribution in [1.29, 1.82) is 0 Å². The van der Waals surface area contributed by atoms with Crippen molar-refractivity contribution in [3.05, 3.63) is 94.0 Å². The first kappa shape index (κ1) is 23.1. The van der Waals surface area contributed by atoms with Crippen molar-refractivity contribution in [3.8, 4) is 17.1 Å². The molecule has 4 aromatic rings. The van der Waals surface area contributed by atoms with Gasteiger partial charge in [-0.2, -0.15) is 0 Å². The van der Waals surface area contributed by atoms with Crippen molar-refractivity contribution in [1.82, 2.24) is 14.8 Å². The summed E-state index contributed by atoms with van der Waals surface area (Å²) in [6.07, 6.45) is 0. The van der Waals surface area contributed by atoms with Gasteiger partial charge < -0.3 is 5.32 Å². The van der Waals surface area contributed by atoms with E-state index in [9.17, 15) is 23.7 Å². The van der Waals surface area contributed by atoms with Gasteiger partial charge in [0.25, 0.3) is 5.69 Å². The zero-order valence-electron chi connectivity index (χ0n) is 17.7. The molecule has 172 valence electrons. The number of amides is 1. The average molecular weight is 481 g/mol. The maximum atomic E-state index is 13.5. The number of carbonyl (C=O) groups excluding carboxylic acids is 1. The van der Waals surface area contributed by atoms with Gasteiger partial charge in [0.05, 0.1) is 10.7 Å². The van der Waals surface area contributed by atoms with E-state index in [-0.39, 0.29) is 17.1 Å². The number of aryl methyl sites for hydroxylation is 1. The first-order valence-corrected chi connectivity index (χ1v) is 11.0. The van der Waals surface area contributed by atoms with Crippen molar-refractivity contribution in [2.45, 2.75) is 12.1 Å². The van der Waals surface area contributed by atoms with Crippen LogP contribution in [0.4, 0.5) is 20.2 Å². The minimum absolute atomic E-state index is 0.0909. The molecule has 11 heteroatoms. The molecule has 0 aliphatic heterocycles. The number of aromatic nitrogens is 3. The van der Waals surface area contributed by atoms with Gasteiger partial charge >= 0.3 is 0 Å². The van der Waals surface area contributed by atoms with Crippen LogP contribution in [0.15, 0.2) is 71.9 Å². The molecule has 3 aromatic carbocycles. The van der Waals surface area contributed by atoms with E-state index in [0.717, 1.165) is 11.8 Å². The summed E-state index contributed by atoms with van der Waals surface area (Å²) in [7, 11) is 0. The Morgan fingerprint density at radius 1 is 1.03 bits per heavy atom. The summed E-state index contributed by atoms with van der Waals surface area (Å²) in [5.41, 5.74) is 1.70. The fourth-order valence-electron chi connectivity index (χ4n) is 3.19. The Labute approximate surface area is 196 Å². The van der Waals surface area contributed by atoms with Crippen LogP contribution in [0.1, 0.15) is 5.56 Å². The maximum Gasteiger partial charge on any atom is 0.293 e. The number of hydrogen-bond acceptors (Lipinski definition) is 6. The number of anilines is 1. The Morgan fingerprint density at radius 2 is 1.68 bits per heavy atom. The molecule has 0 radical (unpaired) electrons. The second-order valence-electron chi connectivity index (χ2n) is 7.24. The van der Waals surface area contributed by atoms with Crippen LogP contribution in [0.5, 0.6) is 0 Å². The molecule has 1 heterocycles. The third kappa shape index (κ3) is 5.09. The molecule has 8 nitrogen and oxygen atoms in total. The van der Waals surface area contributed by atoms with E-state index in [2.05, 4.69) is 15.5 Å². The molecule has 0 aliphatic rings.